The highest BCUT2D eigenvalue weighted by molar-refractivity contribution is 4.97. The van der Waals surface area contributed by atoms with Gasteiger partial charge in [0.25, 0.3) is 0 Å². The van der Waals surface area contributed by atoms with Gasteiger partial charge in [-0.1, -0.05) is 64.8 Å². The summed E-state index contributed by atoms with van der Waals surface area (Å²) in [5.74, 6) is 2.37. The Morgan fingerprint density at radius 3 is 1.87 bits per heavy atom. The molecule has 88 valence electrons. The van der Waals surface area contributed by atoms with Crippen LogP contribution in [0.5, 0.6) is 0 Å². The van der Waals surface area contributed by atoms with Crippen molar-refractivity contribution >= 4 is 0 Å². The average Bonchev–Trinajstić information content (AvgIpc) is 2.27. The van der Waals surface area contributed by atoms with Crippen molar-refractivity contribution in [1.29, 1.82) is 0 Å². The first-order valence-corrected chi connectivity index (χ1v) is 6.45. The second-order valence-electron chi connectivity index (χ2n) is 4.58. The molecule has 0 N–H and O–H groups in total. The van der Waals surface area contributed by atoms with E-state index >= 15 is 0 Å². The van der Waals surface area contributed by atoms with E-state index in [2.05, 4.69) is 58.9 Å². The zero-order valence-corrected chi connectivity index (χ0v) is 11.2. The van der Waals surface area contributed by atoms with E-state index in [1.54, 1.807) is 0 Å². The van der Waals surface area contributed by atoms with E-state index in [0.29, 0.717) is 0 Å². The maximum absolute atomic E-state index is 2.43. The molecule has 0 aromatic rings. The normalized spacial score (nSPS) is 18.5. The molecule has 0 aromatic carbocycles. The lowest BCUT2D eigenvalue weighted by Gasteiger charge is -2.25. The first-order valence-electron chi connectivity index (χ1n) is 6.45. The van der Waals surface area contributed by atoms with Gasteiger partial charge in [0, 0.05) is 0 Å². The Bertz CT molecular complexity index is 178. The summed E-state index contributed by atoms with van der Waals surface area (Å²) in [6.07, 6.45) is 12.7. The quantitative estimate of drug-likeness (QED) is 0.503. The van der Waals surface area contributed by atoms with Gasteiger partial charge in [0.15, 0.2) is 0 Å². The molecule has 0 rings (SSSR count). The number of hydrogen-bond donors (Lipinski definition) is 0. The summed E-state index contributed by atoms with van der Waals surface area (Å²) in [6.45, 7) is 11.4. The Balaban J connectivity index is 4.29. The van der Waals surface area contributed by atoms with E-state index in [-0.39, 0.29) is 0 Å². The Morgan fingerprint density at radius 2 is 1.47 bits per heavy atom. The fourth-order valence-electron chi connectivity index (χ4n) is 1.93. The van der Waals surface area contributed by atoms with Crippen molar-refractivity contribution in [2.24, 2.45) is 17.8 Å². The highest BCUT2D eigenvalue weighted by Crippen LogP contribution is 2.27. The van der Waals surface area contributed by atoms with Gasteiger partial charge in [-0.05, 0) is 31.1 Å². The van der Waals surface area contributed by atoms with Crippen molar-refractivity contribution in [2.45, 2.75) is 53.9 Å². The molecule has 0 spiro atoms. The lowest BCUT2D eigenvalue weighted by molar-refractivity contribution is 0.300. The summed E-state index contributed by atoms with van der Waals surface area (Å²) < 4.78 is 0. The second kappa shape index (κ2) is 8.76. The Morgan fingerprint density at radius 1 is 0.933 bits per heavy atom. The molecule has 0 radical (unpaired) electrons. The van der Waals surface area contributed by atoms with Crippen molar-refractivity contribution < 1.29 is 0 Å². The van der Waals surface area contributed by atoms with E-state index in [1.807, 2.05) is 0 Å². The fourth-order valence-corrected chi connectivity index (χ4v) is 1.93. The molecule has 0 heteroatoms. The molecule has 0 aromatic heterocycles. The molecule has 0 heterocycles. The minimum Gasteiger partial charge on any atom is -0.0914 e. The zero-order chi connectivity index (χ0) is 11.7. The van der Waals surface area contributed by atoms with Crippen LogP contribution in [-0.4, -0.2) is 0 Å². The summed E-state index contributed by atoms with van der Waals surface area (Å²) in [6, 6.07) is 0. The monoisotopic (exact) mass is 208 g/mol. The largest absolute Gasteiger partial charge is 0.0914 e. The lowest BCUT2D eigenvalue weighted by atomic mass is 9.80. The van der Waals surface area contributed by atoms with Crippen LogP contribution in [-0.2, 0) is 0 Å². The molecule has 0 aliphatic rings. The van der Waals surface area contributed by atoms with E-state index in [4.69, 9.17) is 0 Å². The molecule has 15 heavy (non-hydrogen) atoms. The zero-order valence-electron chi connectivity index (χ0n) is 11.2. The fraction of sp³-hybridized carbons (Fsp3) is 0.733. The van der Waals surface area contributed by atoms with Gasteiger partial charge < -0.3 is 0 Å². The molecule has 0 aliphatic heterocycles. The van der Waals surface area contributed by atoms with Gasteiger partial charge in [0.05, 0.1) is 0 Å². The smallest absolute Gasteiger partial charge is 0.0169 e. The number of allylic oxidation sites excluding steroid dienone is 4. The third-order valence-electron chi connectivity index (χ3n) is 3.47. The van der Waals surface area contributed by atoms with Crippen molar-refractivity contribution in [3.05, 3.63) is 24.3 Å². The van der Waals surface area contributed by atoms with Gasteiger partial charge in [0.2, 0.25) is 0 Å². The van der Waals surface area contributed by atoms with E-state index < -0.39 is 0 Å². The third kappa shape index (κ3) is 5.81. The van der Waals surface area contributed by atoms with Crippen LogP contribution in [0, 0.1) is 17.8 Å². The first-order chi connectivity index (χ1) is 7.17. The maximum Gasteiger partial charge on any atom is -0.0169 e. The van der Waals surface area contributed by atoms with E-state index in [9.17, 15) is 0 Å². The predicted octanol–water partition coefficient (Wildman–Crippen LogP) is 5.22. The highest BCUT2D eigenvalue weighted by atomic mass is 14.2. The standard InChI is InChI=1S/C15H28/c1-6-9-10-11-12-15(13(4)7-2)14(5)8-3/h6,9,11-15H,7-8,10H2,1-5H3. The van der Waals surface area contributed by atoms with Gasteiger partial charge >= 0.3 is 0 Å². The van der Waals surface area contributed by atoms with Crippen molar-refractivity contribution in [1.82, 2.24) is 0 Å². The minimum atomic E-state index is 0.755. The molecule has 0 saturated heterocycles. The summed E-state index contributed by atoms with van der Waals surface area (Å²) in [4.78, 5) is 0. The third-order valence-corrected chi connectivity index (χ3v) is 3.47. The molecule has 2 unspecified atom stereocenters. The van der Waals surface area contributed by atoms with Crippen LogP contribution in [0.2, 0.25) is 0 Å². The first kappa shape index (κ1) is 14.5. The number of rotatable bonds is 7. The SMILES string of the molecule is CC=CCC=CC(C(C)CC)C(C)CC. The van der Waals surface area contributed by atoms with Crippen LogP contribution in [0.25, 0.3) is 0 Å². The number of hydrogen-bond acceptors (Lipinski definition) is 0. The molecule has 0 amide bonds. The Hall–Kier alpha value is -0.520. The van der Waals surface area contributed by atoms with Gasteiger partial charge in [-0.3, -0.25) is 0 Å². The molecule has 0 fully saturated rings. The maximum atomic E-state index is 2.43. The average molecular weight is 208 g/mol. The predicted molar refractivity (Wildman–Crippen MR) is 71.0 cm³/mol. The van der Waals surface area contributed by atoms with Gasteiger partial charge in [-0.15, -0.1) is 0 Å². The summed E-state index contributed by atoms with van der Waals surface area (Å²) in [7, 11) is 0. The van der Waals surface area contributed by atoms with E-state index in [0.717, 1.165) is 24.2 Å². The molecule has 0 saturated carbocycles. The molecule has 2 atom stereocenters. The second-order valence-corrected chi connectivity index (χ2v) is 4.58. The lowest BCUT2D eigenvalue weighted by Crippen LogP contribution is -2.16. The Labute approximate surface area is 96.5 Å². The topological polar surface area (TPSA) is 0 Å². The van der Waals surface area contributed by atoms with Crippen LogP contribution in [0.4, 0.5) is 0 Å². The summed E-state index contributed by atoms with van der Waals surface area (Å²) in [5, 5.41) is 0. The van der Waals surface area contributed by atoms with Crippen molar-refractivity contribution in [3.63, 3.8) is 0 Å². The molecule has 0 aliphatic carbocycles. The van der Waals surface area contributed by atoms with Crippen LogP contribution >= 0.6 is 0 Å². The van der Waals surface area contributed by atoms with E-state index in [1.165, 1.54) is 12.8 Å². The van der Waals surface area contributed by atoms with Crippen molar-refractivity contribution in [2.75, 3.05) is 0 Å². The Kier molecular flexibility index (Phi) is 8.46. The summed E-state index contributed by atoms with van der Waals surface area (Å²) >= 11 is 0. The summed E-state index contributed by atoms with van der Waals surface area (Å²) in [5.41, 5.74) is 0. The highest BCUT2D eigenvalue weighted by Gasteiger charge is 2.17. The molecular formula is C15H28. The van der Waals surface area contributed by atoms with Gasteiger partial charge in [0.1, 0.15) is 0 Å². The van der Waals surface area contributed by atoms with Crippen LogP contribution in [0.15, 0.2) is 24.3 Å². The minimum absolute atomic E-state index is 0.755. The van der Waals surface area contributed by atoms with Crippen LogP contribution in [0.1, 0.15) is 53.9 Å². The van der Waals surface area contributed by atoms with Crippen LogP contribution in [0.3, 0.4) is 0 Å². The van der Waals surface area contributed by atoms with Gasteiger partial charge in [-0.2, -0.15) is 0 Å². The van der Waals surface area contributed by atoms with Crippen molar-refractivity contribution in [3.8, 4) is 0 Å². The molecule has 0 bridgehead atoms. The molecular weight excluding hydrogens is 180 g/mol. The van der Waals surface area contributed by atoms with Gasteiger partial charge in [-0.25, -0.2) is 0 Å². The molecule has 0 nitrogen and oxygen atoms in total. The van der Waals surface area contributed by atoms with Crippen LogP contribution < -0.4 is 0 Å².